The van der Waals surface area contributed by atoms with Gasteiger partial charge in [0.15, 0.2) is 0 Å². The van der Waals surface area contributed by atoms with Crippen LogP contribution in [0.25, 0.3) is 42.4 Å². The molecule has 0 amide bonds. The first kappa shape index (κ1) is 15.6. The smallest absolute Gasteiger partial charge is 0.0418 e. The number of benzene rings is 4. The number of rotatable bonds is 2. The van der Waals surface area contributed by atoms with Crippen LogP contribution in [-0.2, 0) is 0 Å². The molecule has 124 valence electrons. The van der Waals surface area contributed by atoms with Gasteiger partial charge in [-0.15, -0.1) is 11.3 Å². The maximum atomic E-state index is 6.50. The molecule has 0 atom stereocenters. The summed E-state index contributed by atoms with van der Waals surface area (Å²) < 4.78 is 2.63. The lowest BCUT2D eigenvalue weighted by molar-refractivity contribution is 1.61. The molecule has 0 bridgehead atoms. The zero-order valence-corrected chi connectivity index (χ0v) is 15.5. The average molecular weight is 371 g/mol. The standard InChI is InChI=1S/C24H15ClS/c25-19-14-17(16-7-2-1-3-8-16)13-18(15-19)20-10-6-12-23-24(20)21-9-4-5-11-22(21)26-23/h1-15H. The van der Waals surface area contributed by atoms with Crippen molar-refractivity contribution in [3.63, 3.8) is 0 Å². The number of fused-ring (bicyclic) bond motifs is 3. The van der Waals surface area contributed by atoms with Crippen molar-refractivity contribution in [1.29, 1.82) is 0 Å². The van der Waals surface area contributed by atoms with Gasteiger partial charge < -0.3 is 0 Å². The summed E-state index contributed by atoms with van der Waals surface area (Å²) in [5.74, 6) is 0. The van der Waals surface area contributed by atoms with E-state index in [1.807, 2.05) is 23.5 Å². The van der Waals surface area contributed by atoms with Crippen LogP contribution in [0.4, 0.5) is 0 Å². The number of thiophene rings is 1. The highest BCUT2D eigenvalue weighted by Crippen LogP contribution is 2.41. The Morgan fingerprint density at radius 3 is 2.19 bits per heavy atom. The quantitative estimate of drug-likeness (QED) is 0.295. The predicted octanol–water partition coefficient (Wildman–Crippen LogP) is 8.04. The van der Waals surface area contributed by atoms with Crippen molar-refractivity contribution in [2.75, 3.05) is 0 Å². The molecule has 1 heterocycles. The molecule has 4 aromatic carbocycles. The van der Waals surface area contributed by atoms with Gasteiger partial charge in [-0.3, -0.25) is 0 Å². The SMILES string of the molecule is Clc1cc(-c2ccccc2)cc(-c2cccc3sc4ccccc4c23)c1. The van der Waals surface area contributed by atoms with E-state index in [4.69, 9.17) is 11.6 Å². The van der Waals surface area contributed by atoms with Gasteiger partial charge in [0.1, 0.15) is 0 Å². The summed E-state index contributed by atoms with van der Waals surface area (Å²) in [6, 6.07) is 31.9. The molecule has 0 aliphatic carbocycles. The maximum Gasteiger partial charge on any atom is 0.0418 e. The van der Waals surface area contributed by atoms with Gasteiger partial charge in [-0.05, 0) is 52.6 Å². The molecule has 5 rings (SSSR count). The average Bonchev–Trinajstić information content (AvgIpc) is 3.07. The summed E-state index contributed by atoms with van der Waals surface area (Å²) in [5, 5.41) is 3.39. The third kappa shape index (κ3) is 2.61. The van der Waals surface area contributed by atoms with E-state index in [0.29, 0.717) is 0 Å². The molecule has 0 radical (unpaired) electrons. The molecule has 5 aromatic rings. The van der Waals surface area contributed by atoms with Gasteiger partial charge in [0.2, 0.25) is 0 Å². The van der Waals surface area contributed by atoms with Crippen molar-refractivity contribution in [2.24, 2.45) is 0 Å². The minimum Gasteiger partial charge on any atom is -0.135 e. The first-order valence-corrected chi connectivity index (χ1v) is 9.76. The Kier molecular flexibility index (Phi) is 3.77. The monoisotopic (exact) mass is 370 g/mol. The van der Waals surface area contributed by atoms with Crippen molar-refractivity contribution < 1.29 is 0 Å². The summed E-state index contributed by atoms with van der Waals surface area (Å²) in [4.78, 5) is 0. The molecule has 0 N–H and O–H groups in total. The second kappa shape index (κ2) is 6.28. The van der Waals surface area contributed by atoms with Gasteiger partial charge in [-0.25, -0.2) is 0 Å². The summed E-state index contributed by atoms with van der Waals surface area (Å²) in [6.07, 6.45) is 0. The van der Waals surface area contributed by atoms with Crippen molar-refractivity contribution in [1.82, 2.24) is 0 Å². The number of halogens is 1. The lowest BCUT2D eigenvalue weighted by Gasteiger charge is -2.09. The minimum absolute atomic E-state index is 0.762. The van der Waals surface area contributed by atoms with Crippen LogP contribution in [0.3, 0.4) is 0 Å². The van der Waals surface area contributed by atoms with Gasteiger partial charge in [0.05, 0.1) is 0 Å². The summed E-state index contributed by atoms with van der Waals surface area (Å²) >= 11 is 8.34. The second-order valence-electron chi connectivity index (χ2n) is 6.37. The fraction of sp³-hybridized carbons (Fsp3) is 0. The van der Waals surface area contributed by atoms with Crippen LogP contribution in [0.2, 0.25) is 5.02 Å². The first-order chi connectivity index (χ1) is 12.8. The zero-order chi connectivity index (χ0) is 17.5. The predicted molar refractivity (Wildman–Crippen MR) is 115 cm³/mol. The fourth-order valence-electron chi connectivity index (χ4n) is 3.56. The highest BCUT2D eigenvalue weighted by molar-refractivity contribution is 7.25. The lowest BCUT2D eigenvalue weighted by Crippen LogP contribution is -1.83. The van der Waals surface area contributed by atoms with Crippen LogP contribution in [-0.4, -0.2) is 0 Å². The normalized spacial score (nSPS) is 11.3. The van der Waals surface area contributed by atoms with E-state index in [9.17, 15) is 0 Å². The van der Waals surface area contributed by atoms with Gasteiger partial charge in [-0.1, -0.05) is 72.3 Å². The van der Waals surface area contributed by atoms with Gasteiger partial charge in [0, 0.05) is 25.2 Å². The third-order valence-electron chi connectivity index (χ3n) is 4.72. The Labute approximate surface area is 161 Å². The lowest BCUT2D eigenvalue weighted by atomic mass is 9.96. The third-order valence-corrected chi connectivity index (χ3v) is 6.07. The van der Waals surface area contributed by atoms with E-state index in [-0.39, 0.29) is 0 Å². The molecule has 0 saturated heterocycles. The van der Waals surface area contributed by atoms with Gasteiger partial charge >= 0.3 is 0 Å². The fourth-order valence-corrected chi connectivity index (χ4v) is 4.92. The van der Waals surface area contributed by atoms with Crippen LogP contribution in [0.15, 0.2) is 91.0 Å². The molecule has 2 heteroatoms. The Morgan fingerprint density at radius 2 is 1.31 bits per heavy atom. The topological polar surface area (TPSA) is 0 Å². The molecular weight excluding hydrogens is 356 g/mol. The molecule has 0 unspecified atom stereocenters. The van der Waals surface area contributed by atoms with E-state index in [1.165, 1.54) is 31.3 Å². The van der Waals surface area contributed by atoms with Crippen molar-refractivity contribution in [3.8, 4) is 22.3 Å². The molecule has 0 aliphatic heterocycles. The molecule has 1 aromatic heterocycles. The number of hydrogen-bond acceptors (Lipinski definition) is 1. The zero-order valence-electron chi connectivity index (χ0n) is 13.9. The van der Waals surface area contributed by atoms with E-state index in [0.717, 1.165) is 16.1 Å². The molecular formula is C24H15ClS. The minimum atomic E-state index is 0.762. The first-order valence-electron chi connectivity index (χ1n) is 8.56. The molecule has 0 spiro atoms. The molecule has 0 fully saturated rings. The van der Waals surface area contributed by atoms with E-state index >= 15 is 0 Å². The molecule has 0 nitrogen and oxygen atoms in total. The second-order valence-corrected chi connectivity index (χ2v) is 7.89. The summed E-state index contributed by atoms with van der Waals surface area (Å²) in [7, 11) is 0. The van der Waals surface area contributed by atoms with Crippen molar-refractivity contribution in [3.05, 3.63) is 96.0 Å². The largest absolute Gasteiger partial charge is 0.135 e. The van der Waals surface area contributed by atoms with Gasteiger partial charge in [0.25, 0.3) is 0 Å². The highest BCUT2D eigenvalue weighted by Gasteiger charge is 2.12. The molecule has 26 heavy (non-hydrogen) atoms. The summed E-state index contributed by atoms with van der Waals surface area (Å²) in [5.41, 5.74) is 4.72. The van der Waals surface area contributed by atoms with Crippen LogP contribution in [0.5, 0.6) is 0 Å². The van der Waals surface area contributed by atoms with Crippen LogP contribution in [0, 0.1) is 0 Å². The van der Waals surface area contributed by atoms with Crippen LogP contribution < -0.4 is 0 Å². The van der Waals surface area contributed by atoms with E-state index < -0.39 is 0 Å². The van der Waals surface area contributed by atoms with Crippen molar-refractivity contribution in [2.45, 2.75) is 0 Å². The maximum absolute atomic E-state index is 6.50. The van der Waals surface area contributed by atoms with Gasteiger partial charge in [-0.2, -0.15) is 0 Å². The highest BCUT2D eigenvalue weighted by atomic mass is 35.5. The Balaban J connectivity index is 1.80. The summed E-state index contributed by atoms with van der Waals surface area (Å²) in [6.45, 7) is 0. The van der Waals surface area contributed by atoms with E-state index in [1.54, 1.807) is 0 Å². The molecule has 0 aliphatic rings. The van der Waals surface area contributed by atoms with Crippen LogP contribution >= 0.6 is 22.9 Å². The number of hydrogen-bond donors (Lipinski definition) is 0. The van der Waals surface area contributed by atoms with Crippen LogP contribution in [0.1, 0.15) is 0 Å². The Bertz CT molecular complexity index is 1240. The Hall–Kier alpha value is -2.61. The van der Waals surface area contributed by atoms with Crippen molar-refractivity contribution >= 4 is 43.1 Å². The van der Waals surface area contributed by atoms with E-state index in [2.05, 4.69) is 78.9 Å². The Morgan fingerprint density at radius 1 is 0.577 bits per heavy atom. The molecule has 0 saturated carbocycles.